The van der Waals surface area contributed by atoms with E-state index in [2.05, 4.69) is 28.6 Å². The summed E-state index contributed by atoms with van der Waals surface area (Å²) in [6, 6.07) is 0. The Labute approximate surface area is 108 Å². The number of carbonyl (C=O) groups excluding carboxylic acids is 1. The van der Waals surface area contributed by atoms with Crippen molar-refractivity contribution in [3.8, 4) is 0 Å². The van der Waals surface area contributed by atoms with Gasteiger partial charge in [-0.3, -0.25) is 0 Å². The fourth-order valence-electron chi connectivity index (χ4n) is 2.82. The SMILES string of the molecule is COC(=O)c1cnc(C2CCC(C(C)C)CC2)[nH]1. The monoisotopic (exact) mass is 250 g/mol. The molecule has 1 aliphatic rings. The van der Waals surface area contributed by atoms with E-state index < -0.39 is 0 Å². The largest absolute Gasteiger partial charge is 0.464 e. The first-order valence-electron chi connectivity index (χ1n) is 6.75. The topological polar surface area (TPSA) is 55.0 Å². The summed E-state index contributed by atoms with van der Waals surface area (Å²) in [6.45, 7) is 4.60. The quantitative estimate of drug-likeness (QED) is 0.838. The van der Waals surface area contributed by atoms with Gasteiger partial charge in [0.1, 0.15) is 11.5 Å². The zero-order chi connectivity index (χ0) is 13.1. The zero-order valence-corrected chi connectivity index (χ0v) is 11.4. The molecular weight excluding hydrogens is 228 g/mol. The van der Waals surface area contributed by atoms with Gasteiger partial charge in [0, 0.05) is 5.92 Å². The molecule has 4 heteroatoms. The van der Waals surface area contributed by atoms with Gasteiger partial charge in [-0.1, -0.05) is 13.8 Å². The molecule has 1 N–H and O–H groups in total. The first kappa shape index (κ1) is 13.1. The number of H-pyrrole nitrogens is 1. The highest BCUT2D eigenvalue weighted by Gasteiger charge is 2.26. The molecule has 2 rings (SSSR count). The second-order valence-electron chi connectivity index (χ2n) is 5.53. The van der Waals surface area contributed by atoms with Crippen LogP contribution in [-0.2, 0) is 4.74 Å². The highest BCUT2D eigenvalue weighted by molar-refractivity contribution is 5.86. The molecule has 1 saturated carbocycles. The predicted octanol–water partition coefficient (Wildman–Crippen LogP) is 3.13. The van der Waals surface area contributed by atoms with Crippen molar-refractivity contribution in [2.24, 2.45) is 11.8 Å². The number of hydrogen-bond donors (Lipinski definition) is 1. The van der Waals surface area contributed by atoms with Crippen LogP contribution in [0.2, 0.25) is 0 Å². The minimum Gasteiger partial charge on any atom is -0.464 e. The standard InChI is InChI=1S/C14H22N2O2/c1-9(2)10-4-6-11(7-5-10)13-15-8-12(16-13)14(17)18-3/h8-11H,4-7H2,1-3H3,(H,15,16). The van der Waals surface area contributed by atoms with Crippen molar-refractivity contribution < 1.29 is 9.53 Å². The number of rotatable bonds is 3. The Kier molecular flexibility index (Phi) is 4.04. The van der Waals surface area contributed by atoms with Crippen molar-refractivity contribution in [1.82, 2.24) is 9.97 Å². The number of hydrogen-bond acceptors (Lipinski definition) is 3. The van der Waals surface area contributed by atoms with Crippen LogP contribution in [0.4, 0.5) is 0 Å². The van der Waals surface area contributed by atoms with Gasteiger partial charge in [-0.2, -0.15) is 0 Å². The lowest BCUT2D eigenvalue weighted by Gasteiger charge is -2.29. The summed E-state index contributed by atoms with van der Waals surface area (Å²) in [4.78, 5) is 18.8. The number of carbonyl (C=O) groups is 1. The summed E-state index contributed by atoms with van der Waals surface area (Å²) < 4.78 is 4.68. The van der Waals surface area contributed by atoms with Gasteiger partial charge in [0.2, 0.25) is 0 Å². The summed E-state index contributed by atoms with van der Waals surface area (Å²) >= 11 is 0. The van der Waals surface area contributed by atoms with Crippen LogP contribution in [0.1, 0.15) is 61.8 Å². The maximum atomic E-state index is 11.4. The minimum atomic E-state index is -0.343. The normalized spacial score (nSPS) is 24.2. The fourth-order valence-corrected chi connectivity index (χ4v) is 2.82. The molecule has 0 atom stereocenters. The molecule has 1 aliphatic carbocycles. The molecular formula is C14H22N2O2. The van der Waals surface area contributed by atoms with E-state index in [1.165, 1.54) is 20.0 Å². The smallest absolute Gasteiger partial charge is 0.356 e. The van der Waals surface area contributed by atoms with Gasteiger partial charge in [0.25, 0.3) is 0 Å². The van der Waals surface area contributed by atoms with E-state index in [1.54, 1.807) is 6.20 Å². The van der Waals surface area contributed by atoms with E-state index in [4.69, 9.17) is 0 Å². The van der Waals surface area contributed by atoms with Crippen LogP contribution in [0, 0.1) is 11.8 Å². The van der Waals surface area contributed by atoms with Gasteiger partial charge < -0.3 is 9.72 Å². The molecule has 1 heterocycles. The number of methoxy groups -OCH3 is 1. The van der Waals surface area contributed by atoms with Gasteiger partial charge in [0.05, 0.1) is 13.3 Å². The van der Waals surface area contributed by atoms with Gasteiger partial charge >= 0.3 is 5.97 Å². The average molecular weight is 250 g/mol. The van der Waals surface area contributed by atoms with Crippen molar-refractivity contribution in [3.05, 3.63) is 17.7 Å². The third-order valence-electron chi connectivity index (χ3n) is 4.10. The zero-order valence-electron chi connectivity index (χ0n) is 11.4. The summed E-state index contributed by atoms with van der Waals surface area (Å²) in [5, 5.41) is 0. The Morgan fingerprint density at radius 1 is 1.39 bits per heavy atom. The highest BCUT2D eigenvalue weighted by Crippen LogP contribution is 2.37. The summed E-state index contributed by atoms with van der Waals surface area (Å²) in [5.41, 5.74) is 0.457. The summed E-state index contributed by atoms with van der Waals surface area (Å²) in [7, 11) is 1.39. The number of imidazole rings is 1. The molecule has 1 fully saturated rings. The maximum Gasteiger partial charge on any atom is 0.356 e. The van der Waals surface area contributed by atoms with Crippen LogP contribution in [0.25, 0.3) is 0 Å². The number of ether oxygens (including phenoxy) is 1. The molecule has 0 aliphatic heterocycles. The van der Waals surface area contributed by atoms with Gasteiger partial charge in [-0.15, -0.1) is 0 Å². The van der Waals surface area contributed by atoms with Gasteiger partial charge in [0.15, 0.2) is 0 Å². The van der Waals surface area contributed by atoms with Crippen LogP contribution in [0.15, 0.2) is 6.20 Å². The van der Waals surface area contributed by atoms with E-state index >= 15 is 0 Å². The van der Waals surface area contributed by atoms with Crippen LogP contribution in [0.3, 0.4) is 0 Å². The van der Waals surface area contributed by atoms with Crippen LogP contribution in [-0.4, -0.2) is 23.0 Å². The third kappa shape index (κ3) is 2.74. The van der Waals surface area contributed by atoms with E-state index in [1.807, 2.05) is 0 Å². The van der Waals surface area contributed by atoms with Crippen LogP contribution < -0.4 is 0 Å². The lowest BCUT2D eigenvalue weighted by Crippen LogP contribution is -2.18. The van der Waals surface area contributed by atoms with Crippen molar-refractivity contribution in [1.29, 1.82) is 0 Å². The number of aromatic amines is 1. The van der Waals surface area contributed by atoms with Crippen molar-refractivity contribution in [2.75, 3.05) is 7.11 Å². The Bertz CT molecular complexity index is 404. The predicted molar refractivity (Wildman–Crippen MR) is 69.5 cm³/mol. The second-order valence-corrected chi connectivity index (χ2v) is 5.53. The highest BCUT2D eigenvalue weighted by atomic mass is 16.5. The Morgan fingerprint density at radius 3 is 2.61 bits per heavy atom. The third-order valence-corrected chi connectivity index (χ3v) is 4.10. The summed E-state index contributed by atoms with van der Waals surface area (Å²) in [6.07, 6.45) is 6.43. The molecule has 0 amide bonds. The lowest BCUT2D eigenvalue weighted by atomic mass is 9.77. The molecule has 0 aromatic carbocycles. The molecule has 0 spiro atoms. The van der Waals surface area contributed by atoms with Gasteiger partial charge in [-0.25, -0.2) is 9.78 Å². The molecule has 100 valence electrons. The van der Waals surface area contributed by atoms with E-state index in [9.17, 15) is 4.79 Å². The van der Waals surface area contributed by atoms with Crippen molar-refractivity contribution in [2.45, 2.75) is 45.4 Å². The Balaban J connectivity index is 1.97. The second kappa shape index (κ2) is 5.55. The molecule has 0 saturated heterocycles. The van der Waals surface area contributed by atoms with E-state index in [0.717, 1.165) is 30.5 Å². The molecule has 4 nitrogen and oxygen atoms in total. The average Bonchev–Trinajstić information content (AvgIpc) is 2.87. The molecule has 0 unspecified atom stereocenters. The Morgan fingerprint density at radius 2 is 2.06 bits per heavy atom. The molecule has 0 bridgehead atoms. The first-order valence-corrected chi connectivity index (χ1v) is 6.75. The van der Waals surface area contributed by atoms with Crippen LogP contribution in [0.5, 0.6) is 0 Å². The summed E-state index contributed by atoms with van der Waals surface area (Å²) in [5.74, 6) is 2.69. The van der Waals surface area contributed by atoms with E-state index in [0.29, 0.717) is 11.6 Å². The van der Waals surface area contributed by atoms with E-state index in [-0.39, 0.29) is 5.97 Å². The number of aromatic nitrogens is 2. The molecule has 18 heavy (non-hydrogen) atoms. The van der Waals surface area contributed by atoms with Crippen molar-refractivity contribution >= 4 is 5.97 Å². The fraction of sp³-hybridized carbons (Fsp3) is 0.714. The Hall–Kier alpha value is -1.32. The lowest BCUT2D eigenvalue weighted by molar-refractivity contribution is 0.0594. The number of nitrogens with zero attached hydrogens (tertiary/aromatic N) is 1. The maximum absolute atomic E-state index is 11.4. The number of esters is 1. The number of nitrogens with one attached hydrogen (secondary N) is 1. The van der Waals surface area contributed by atoms with Gasteiger partial charge in [-0.05, 0) is 37.5 Å². The molecule has 1 aromatic rings. The van der Waals surface area contributed by atoms with Crippen molar-refractivity contribution in [3.63, 3.8) is 0 Å². The molecule has 1 aromatic heterocycles. The minimum absolute atomic E-state index is 0.343. The molecule has 0 radical (unpaired) electrons. The van der Waals surface area contributed by atoms with Crippen LogP contribution >= 0.6 is 0 Å². The first-order chi connectivity index (χ1) is 8.61.